The van der Waals surface area contributed by atoms with Gasteiger partial charge in [-0.3, -0.25) is 4.79 Å². The lowest BCUT2D eigenvalue weighted by atomic mass is 10.1. The Morgan fingerprint density at radius 3 is 2.74 bits per heavy atom. The summed E-state index contributed by atoms with van der Waals surface area (Å²) in [7, 11) is 0. The summed E-state index contributed by atoms with van der Waals surface area (Å²) in [6.45, 7) is 4.03. The maximum Gasteiger partial charge on any atom is 0.277 e. The van der Waals surface area contributed by atoms with Gasteiger partial charge in [0.15, 0.2) is 0 Å². The van der Waals surface area contributed by atoms with Crippen molar-refractivity contribution in [1.29, 1.82) is 0 Å². The second kappa shape index (κ2) is 9.37. The van der Waals surface area contributed by atoms with Crippen molar-refractivity contribution in [2.75, 3.05) is 5.75 Å². The number of aryl methyl sites for hydroxylation is 2. The lowest BCUT2D eigenvalue weighted by Crippen LogP contribution is -2.34. The van der Waals surface area contributed by atoms with E-state index in [0.29, 0.717) is 11.1 Å². The largest absolute Gasteiger partial charge is 0.411 e. The van der Waals surface area contributed by atoms with Gasteiger partial charge in [-0.15, -0.1) is 10.2 Å². The molecule has 6 heteroatoms. The van der Waals surface area contributed by atoms with E-state index in [4.69, 9.17) is 4.42 Å². The summed E-state index contributed by atoms with van der Waals surface area (Å²) in [6, 6.07) is 18.3. The number of carbonyl (C=O) groups excluding carboxylic acids is 1. The van der Waals surface area contributed by atoms with E-state index < -0.39 is 0 Å². The topological polar surface area (TPSA) is 68.0 Å². The maximum atomic E-state index is 12.1. The molecular weight excluding hydrogens is 358 g/mol. The quantitative estimate of drug-likeness (QED) is 0.590. The molecule has 0 aliphatic heterocycles. The van der Waals surface area contributed by atoms with Gasteiger partial charge in [-0.2, -0.15) is 0 Å². The molecule has 0 saturated carbocycles. The number of hydrogen-bond donors (Lipinski definition) is 1. The minimum Gasteiger partial charge on any atom is -0.411 e. The van der Waals surface area contributed by atoms with Gasteiger partial charge in [-0.25, -0.2) is 0 Å². The lowest BCUT2D eigenvalue weighted by molar-refractivity contribution is -0.119. The molecule has 0 radical (unpaired) electrons. The smallest absolute Gasteiger partial charge is 0.277 e. The predicted molar refractivity (Wildman–Crippen MR) is 108 cm³/mol. The van der Waals surface area contributed by atoms with Crippen molar-refractivity contribution in [3.63, 3.8) is 0 Å². The molecule has 27 heavy (non-hydrogen) atoms. The predicted octanol–water partition coefficient (Wildman–Crippen LogP) is 4.27. The molecule has 1 aromatic heterocycles. The molecule has 0 aliphatic rings. The molecule has 1 N–H and O–H groups in total. The van der Waals surface area contributed by atoms with Crippen LogP contribution in [-0.4, -0.2) is 27.9 Å². The fourth-order valence-electron chi connectivity index (χ4n) is 2.71. The summed E-state index contributed by atoms with van der Waals surface area (Å²) in [4.78, 5) is 12.1. The zero-order valence-electron chi connectivity index (χ0n) is 15.5. The number of carbonyl (C=O) groups is 1. The van der Waals surface area contributed by atoms with Crippen LogP contribution in [0.4, 0.5) is 0 Å². The Bertz CT molecular complexity index is 880. The van der Waals surface area contributed by atoms with Gasteiger partial charge >= 0.3 is 0 Å². The average molecular weight is 382 g/mol. The number of benzene rings is 2. The normalized spacial score (nSPS) is 11.9. The monoisotopic (exact) mass is 381 g/mol. The standard InChI is InChI=1S/C21H23N3O2S/c1-15-7-6-10-18(13-15)20-23-24-21(26-20)27-14-19(25)22-16(2)11-12-17-8-4-3-5-9-17/h3-10,13,16H,11-12,14H2,1-2H3,(H,22,25)/t16-/m0/s1. The molecule has 0 spiro atoms. The molecule has 0 saturated heterocycles. The van der Waals surface area contributed by atoms with Crippen molar-refractivity contribution in [2.45, 2.75) is 38.0 Å². The van der Waals surface area contributed by atoms with Crippen molar-refractivity contribution < 1.29 is 9.21 Å². The molecule has 0 aliphatic carbocycles. The van der Waals surface area contributed by atoms with E-state index in [1.54, 1.807) is 0 Å². The Kier molecular flexibility index (Phi) is 6.65. The minimum atomic E-state index is -0.0316. The molecule has 5 nitrogen and oxygen atoms in total. The average Bonchev–Trinajstić information content (AvgIpc) is 3.15. The van der Waals surface area contributed by atoms with Crippen LogP contribution in [0.1, 0.15) is 24.5 Å². The summed E-state index contributed by atoms with van der Waals surface area (Å²) in [5, 5.41) is 11.5. The highest BCUT2D eigenvalue weighted by atomic mass is 32.2. The van der Waals surface area contributed by atoms with E-state index in [2.05, 4.69) is 27.6 Å². The van der Waals surface area contributed by atoms with E-state index in [1.807, 2.05) is 56.3 Å². The van der Waals surface area contributed by atoms with Crippen molar-refractivity contribution >= 4 is 17.7 Å². The molecule has 0 fully saturated rings. The first-order valence-electron chi connectivity index (χ1n) is 8.97. The summed E-state index contributed by atoms with van der Waals surface area (Å²) in [6.07, 6.45) is 1.84. The van der Waals surface area contributed by atoms with Crippen molar-refractivity contribution in [3.05, 3.63) is 65.7 Å². The molecule has 2 aromatic carbocycles. The Labute approximate surface area is 163 Å². The summed E-state index contributed by atoms with van der Waals surface area (Å²) in [5.74, 6) is 0.694. The van der Waals surface area contributed by atoms with Crippen LogP contribution in [0.2, 0.25) is 0 Å². The second-order valence-corrected chi connectivity index (χ2v) is 7.45. The number of hydrogen-bond acceptors (Lipinski definition) is 5. The van der Waals surface area contributed by atoms with Crippen molar-refractivity contribution in [1.82, 2.24) is 15.5 Å². The van der Waals surface area contributed by atoms with Crippen LogP contribution in [0, 0.1) is 6.92 Å². The highest BCUT2D eigenvalue weighted by Crippen LogP contribution is 2.23. The number of nitrogens with zero attached hydrogens (tertiary/aromatic N) is 2. The Morgan fingerprint density at radius 1 is 1.15 bits per heavy atom. The van der Waals surface area contributed by atoms with Gasteiger partial charge in [0, 0.05) is 11.6 Å². The first kappa shape index (κ1) is 19.2. The van der Waals surface area contributed by atoms with Gasteiger partial charge in [-0.1, -0.05) is 59.8 Å². The van der Waals surface area contributed by atoms with E-state index >= 15 is 0 Å². The fraction of sp³-hybridized carbons (Fsp3) is 0.286. The summed E-state index contributed by atoms with van der Waals surface area (Å²) >= 11 is 1.25. The summed E-state index contributed by atoms with van der Waals surface area (Å²) in [5.41, 5.74) is 3.29. The third-order valence-corrected chi connectivity index (χ3v) is 4.93. The minimum absolute atomic E-state index is 0.0316. The molecule has 0 unspecified atom stereocenters. The van der Waals surface area contributed by atoms with Crippen LogP contribution in [0.25, 0.3) is 11.5 Å². The van der Waals surface area contributed by atoms with E-state index in [0.717, 1.165) is 24.0 Å². The van der Waals surface area contributed by atoms with E-state index in [-0.39, 0.29) is 17.7 Å². The van der Waals surface area contributed by atoms with Gasteiger partial charge in [0.2, 0.25) is 11.8 Å². The van der Waals surface area contributed by atoms with Crippen molar-refractivity contribution in [2.24, 2.45) is 0 Å². The number of nitrogens with one attached hydrogen (secondary N) is 1. The van der Waals surface area contributed by atoms with Gasteiger partial charge in [0.1, 0.15) is 0 Å². The Balaban J connectivity index is 1.44. The summed E-state index contributed by atoms with van der Waals surface area (Å²) < 4.78 is 5.65. The van der Waals surface area contributed by atoms with Crippen LogP contribution in [0.5, 0.6) is 0 Å². The highest BCUT2D eigenvalue weighted by Gasteiger charge is 2.13. The zero-order chi connectivity index (χ0) is 19.1. The molecular formula is C21H23N3O2S. The molecule has 1 atom stereocenters. The maximum absolute atomic E-state index is 12.1. The van der Waals surface area contributed by atoms with Crippen LogP contribution >= 0.6 is 11.8 Å². The van der Waals surface area contributed by atoms with E-state index in [9.17, 15) is 4.79 Å². The van der Waals surface area contributed by atoms with Crippen molar-refractivity contribution in [3.8, 4) is 11.5 Å². The third-order valence-electron chi connectivity index (χ3n) is 4.11. The first-order valence-corrected chi connectivity index (χ1v) is 9.95. The van der Waals surface area contributed by atoms with Gasteiger partial charge < -0.3 is 9.73 Å². The van der Waals surface area contributed by atoms with Gasteiger partial charge in [0.25, 0.3) is 5.22 Å². The molecule has 3 aromatic rings. The van der Waals surface area contributed by atoms with Gasteiger partial charge in [0.05, 0.1) is 5.75 Å². The molecule has 3 rings (SSSR count). The van der Waals surface area contributed by atoms with Crippen LogP contribution in [-0.2, 0) is 11.2 Å². The SMILES string of the molecule is Cc1cccc(-c2nnc(SCC(=O)N[C@@H](C)CCc3ccccc3)o2)c1. The van der Waals surface area contributed by atoms with Gasteiger partial charge in [-0.05, 0) is 44.4 Å². The number of amides is 1. The number of rotatable bonds is 8. The molecule has 0 bridgehead atoms. The third kappa shape index (κ3) is 5.96. The van der Waals surface area contributed by atoms with Crippen LogP contribution < -0.4 is 5.32 Å². The van der Waals surface area contributed by atoms with Crippen LogP contribution in [0.15, 0.2) is 64.2 Å². The molecule has 1 heterocycles. The fourth-order valence-corrected chi connectivity index (χ4v) is 3.28. The second-order valence-electron chi connectivity index (χ2n) is 6.52. The van der Waals surface area contributed by atoms with Crippen LogP contribution in [0.3, 0.4) is 0 Å². The number of aromatic nitrogens is 2. The van der Waals surface area contributed by atoms with E-state index in [1.165, 1.54) is 17.3 Å². The zero-order valence-corrected chi connectivity index (χ0v) is 16.3. The lowest BCUT2D eigenvalue weighted by Gasteiger charge is -2.13. The Morgan fingerprint density at radius 2 is 1.96 bits per heavy atom. The number of thioether (sulfide) groups is 1. The first-order chi connectivity index (χ1) is 13.1. The molecule has 1 amide bonds. The Hall–Kier alpha value is -2.60. The highest BCUT2D eigenvalue weighted by molar-refractivity contribution is 7.99. The molecule has 140 valence electrons.